The minimum Gasteiger partial charge on any atom is -0.377 e. The molecule has 1 aromatic heterocycles. The molecule has 0 radical (unpaired) electrons. The number of nitrogens with one attached hydrogen (secondary N) is 1. The maximum absolute atomic E-state index is 14.0. The summed E-state index contributed by atoms with van der Waals surface area (Å²) in [6.07, 6.45) is 4.12. The highest BCUT2D eigenvalue weighted by atomic mass is 32.1. The Kier molecular flexibility index (Phi) is 8.39. The van der Waals surface area contributed by atoms with Crippen molar-refractivity contribution < 1.29 is 23.9 Å². The van der Waals surface area contributed by atoms with Crippen molar-refractivity contribution in [1.82, 2.24) is 20.1 Å². The molecule has 0 unspecified atom stereocenters. The molecule has 2 aromatic rings. The van der Waals surface area contributed by atoms with Gasteiger partial charge >= 0.3 is 0 Å². The van der Waals surface area contributed by atoms with Crippen LogP contribution in [0.2, 0.25) is 0 Å². The third-order valence-corrected chi connectivity index (χ3v) is 10.0. The number of likely N-dealkylation sites (tertiary alicyclic amines) is 1. The lowest BCUT2D eigenvalue weighted by Gasteiger charge is -2.34. The van der Waals surface area contributed by atoms with Crippen LogP contribution in [0.25, 0.3) is 11.3 Å². The van der Waals surface area contributed by atoms with E-state index in [0.29, 0.717) is 5.56 Å². The first-order valence-corrected chi connectivity index (χ1v) is 15.6. The van der Waals surface area contributed by atoms with Gasteiger partial charge in [0.1, 0.15) is 30.9 Å². The van der Waals surface area contributed by atoms with Crippen LogP contribution in [0.3, 0.4) is 0 Å². The molecular formula is C30H39N5O5S. The number of methoxy groups -OCH3 is 1. The highest BCUT2D eigenvalue weighted by Crippen LogP contribution is 2.33. The molecule has 4 aliphatic rings. The number of hydrogen-bond acceptors (Lipinski definition) is 9. The summed E-state index contributed by atoms with van der Waals surface area (Å²) in [5, 5.41) is 6.15. The van der Waals surface area contributed by atoms with Gasteiger partial charge in [0.25, 0.3) is 5.91 Å². The van der Waals surface area contributed by atoms with Gasteiger partial charge < -0.3 is 29.5 Å². The Bertz CT molecular complexity index is 1250. The molecule has 2 amide bonds. The zero-order chi connectivity index (χ0) is 28.5. The quantitative estimate of drug-likeness (QED) is 0.532. The molecule has 4 atom stereocenters. The molecule has 4 heterocycles. The number of benzene rings is 1. The van der Waals surface area contributed by atoms with E-state index in [0.717, 1.165) is 74.7 Å². The van der Waals surface area contributed by atoms with Crippen molar-refractivity contribution in [3.63, 3.8) is 0 Å². The van der Waals surface area contributed by atoms with Gasteiger partial charge in [-0.2, -0.15) is 0 Å². The Labute approximate surface area is 245 Å². The van der Waals surface area contributed by atoms with E-state index in [1.165, 1.54) is 0 Å². The average molecular weight is 582 g/mol. The largest absolute Gasteiger partial charge is 0.377 e. The van der Waals surface area contributed by atoms with E-state index in [-0.39, 0.29) is 42.8 Å². The van der Waals surface area contributed by atoms with Crippen molar-refractivity contribution in [2.75, 3.05) is 58.4 Å². The number of ether oxygens (including phenoxy) is 2. The van der Waals surface area contributed by atoms with Crippen LogP contribution in [-0.4, -0.2) is 110 Å². The predicted octanol–water partition coefficient (Wildman–Crippen LogP) is 2.43. The molecule has 1 N–H and O–H groups in total. The molecule has 3 saturated heterocycles. The summed E-state index contributed by atoms with van der Waals surface area (Å²) < 4.78 is 11.2. The second-order valence-corrected chi connectivity index (χ2v) is 12.5. The molecule has 220 valence electrons. The van der Waals surface area contributed by atoms with E-state index in [9.17, 15) is 14.4 Å². The van der Waals surface area contributed by atoms with Crippen molar-refractivity contribution >= 4 is 34.1 Å². The van der Waals surface area contributed by atoms with Crippen LogP contribution in [0.5, 0.6) is 0 Å². The van der Waals surface area contributed by atoms with Crippen molar-refractivity contribution in [1.29, 1.82) is 0 Å². The Balaban J connectivity index is 1.16. The lowest BCUT2D eigenvalue weighted by Crippen LogP contribution is -2.55. The van der Waals surface area contributed by atoms with Crippen LogP contribution < -0.4 is 10.2 Å². The number of nitrogens with zero attached hydrogens (tertiary/aromatic N) is 4. The lowest BCUT2D eigenvalue weighted by atomic mass is 9.83. The molecule has 0 bridgehead atoms. The molecule has 3 aliphatic heterocycles. The number of Topliss-reactive ketones (excluding diaryl/α,β-unsaturated/α-hetero) is 1. The van der Waals surface area contributed by atoms with Crippen molar-refractivity contribution in [3.05, 3.63) is 35.2 Å². The molecule has 4 fully saturated rings. The van der Waals surface area contributed by atoms with Crippen LogP contribution in [0.4, 0.5) is 5.13 Å². The number of amides is 2. The van der Waals surface area contributed by atoms with Gasteiger partial charge in [0, 0.05) is 49.8 Å². The van der Waals surface area contributed by atoms with Gasteiger partial charge in [-0.05, 0) is 37.9 Å². The lowest BCUT2D eigenvalue weighted by molar-refractivity contribution is -0.139. The Morgan fingerprint density at radius 2 is 1.83 bits per heavy atom. The number of aromatic nitrogens is 1. The second kappa shape index (κ2) is 12.2. The number of thiazole rings is 1. The van der Waals surface area contributed by atoms with E-state index in [2.05, 4.69) is 27.5 Å². The first kappa shape index (κ1) is 28.3. The summed E-state index contributed by atoms with van der Waals surface area (Å²) in [5.41, 5.74) is 2.34. The topological polar surface area (TPSA) is 104 Å². The fourth-order valence-electron chi connectivity index (χ4n) is 6.63. The van der Waals surface area contributed by atoms with Crippen LogP contribution >= 0.6 is 11.3 Å². The summed E-state index contributed by atoms with van der Waals surface area (Å²) >= 11 is 1.64. The zero-order valence-electron chi connectivity index (χ0n) is 23.8. The number of ketones is 1. The Hall–Kier alpha value is -2.86. The first-order valence-electron chi connectivity index (χ1n) is 14.7. The van der Waals surface area contributed by atoms with Crippen molar-refractivity contribution in [2.24, 2.45) is 5.92 Å². The average Bonchev–Trinajstić information content (AvgIpc) is 3.74. The summed E-state index contributed by atoms with van der Waals surface area (Å²) in [7, 11) is 3.71. The van der Waals surface area contributed by atoms with Gasteiger partial charge in [0.15, 0.2) is 10.9 Å². The van der Waals surface area contributed by atoms with Crippen LogP contribution in [0.15, 0.2) is 29.6 Å². The molecule has 1 aliphatic carbocycles. The number of hydrogen-bond donors (Lipinski definition) is 1. The Morgan fingerprint density at radius 3 is 2.54 bits per heavy atom. The molecule has 1 saturated carbocycles. The third kappa shape index (κ3) is 5.77. The van der Waals surface area contributed by atoms with Crippen LogP contribution in [0, 0.1) is 5.92 Å². The normalized spacial score (nSPS) is 26.3. The van der Waals surface area contributed by atoms with E-state index >= 15 is 0 Å². The summed E-state index contributed by atoms with van der Waals surface area (Å²) in [6.45, 7) is 4.26. The minimum absolute atomic E-state index is 0.0123. The number of anilines is 1. The molecule has 10 nitrogen and oxygen atoms in total. The van der Waals surface area contributed by atoms with Gasteiger partial charge in [-0.1, -0.05) is 31.4 Å². The Morgan fingerprint density at radius 1 is 1.10 bits per heavy atom. The van der Waals surface area contributed by atoms with Crippen molar-refractivity contribution in [2.45, 2.75) is 56.4 Å². The van der Waals surface area contributed by atoms with E-state index in [4.69, 9.17) is 14.5 Å². The fourth-order valence-corrected chi connectivity index (χ4v) is 7.52. The minimum atomic E-state index is -0.697. The van der Waals surface area contributed by atoms with E-state index in [1.807, 2.05) is 12.1 Å². The van der Waals surface area contributed by atoms with Crippen LogP contribution in [-0.2, 0) is 19.1 Å². The van der Waals surface area contributed by atoms with Gasteiger partial charge in [-0.25, -0.2) is 4.98 Å². The van der Waals surface area contributed by atoms with E-state index in [1.54, 1.807) is 35.5 Å². The monoisotopic (exact) mass is 581 g/mol. The third-order valence-electron chi connectivity index (χ3n) is 9.11. The summed E-state index contributed by atoms with van der Waals surface area (Å²) in [6, 6.07) is 6.07. The fraction of sp³-hybridized carbons (Fsp3) is 0.600. The maximum atomic E-state index is 14.0. The number of fused-ring (bicyclic) bond motifs is 1. The molecule has 11 heteroatoms. The number of rotatable bonds is 7. The SMILES string of the molecule is CO[C@@H]1CN(C(=O)[C@@H](NC(=O)c2ccc(-c3csc(N4CCN(C)CC4)n3)cc2)C2CCCCC2)[C@@H]2C(=O)CO[C@@H]21. The van der Waals surface area contributed by atoms with Crippen molar-refractivity contribution in [3.8, 4) is 11.3 Å². The standard InChI is InChI=1S/C30H39N5O5S/c1-33-12-14-34(15-13-33)30-31-22(18-41-30)19-8-10-21(11-9-19)28(37)32-25(20-6-4-3-5-7-20)29(38)35-16-24(39-2)27-26(35)23(36)17-40-27/h8-11,18,20,24-27H,3-7,12-17H2,1-2H3,(H,32,37)/t24-,25+,26-,27-/m1/s1. The molecular weight excluding hydrogens is 542 g/mol. The van der Waals surface area contributed by atoms with Gasteiger partial charge in [0.2, 0.25) is 5.91 Å². The number of carbonyl (C=O) groups excluding carboxylic acids is 3. The molecule has 41 heavy (non-hydrogen) atoms. The summed E-state index contributed by atoms with van der Waals surface area (Å²) in [5.74, 6) is -0.580. The highest BCUT2D eigenvalue weighted by Gasteiger charge is 2.54. The summed E-state index contributed by atoms with van der Waals surface area (Å²) in [4.78, 5) is 51.2. The smallest absolute Gasteiger partial charge is 0.251 e. The van der Waals surface area contributed by atoms with Gasteiger partial charge in [-0.3, -0.25) is 14.4 Å². The number of likely N-dealkylation sites (N-methyl/N-ethyl adjacent to an activating group) is 1. The molecule has 6 rings (SSSR count). The molecule has 0 spiro atoms. The molecule has 1 aromatic carbocycles. The van der Waals surface area contributed by atoms with Gasteiger partial charge in [-0.15, -0.1) is 11.3 Å². The maximum Gasteiger partial charge on any atom is 0.251 e. The van der Waals surface area contributed by atoms with Crippen LogP contribution in [0.1, 0.15) is 42.5 Å². The second-order valence-electron chi connectivity index (χ2n) is 11.7. The number of carbonyl (C=O) groups is 3. The first-order chi connectivity index (χ1) is 19.9. The van der Waals surface area contributed by atoms with E-state index < -0.39 is 18.2 Å². The predicted molar refractivity (Wildman–Crippen MR) is 156 cm³/mol. The van der Waals surface area contributed by atoms with Gasteiger partial charge in [0.05, 0.1) is 12.2 Å². The number of piperazine rings is 1. The highest BCUT2D eigenvalue weighted by molar-refractivity contribution is 7.14. The zero-order valence-corrected chi connectivity index (χ0v) is 24.6.